The number of aromatic amines is 1. The van der Waals surface area contributed by atoms with Crippen LogP contribution in [0.25, 0.3) is 10.2 Å². The van der Waals surface area contributed by atoms with Crippen LogP contribution in [-0.2, 0) is 17.0 Å². The Morgan fingerprint density at radius 3 is 2.81 bits per heavy atom. The second kappa shape index (κ2) is 9.21. The Morgan fingerprint density at radius 2 is 2.03 bits per heavy atom. The van der Waals surface area contributed by atoms with E-state index in [1.165, 1.54) is 23.1 Å². The number of thioether (sulfide) groups is 1. The number of nitrogens with zero attached hydrogens (tertiary/aromatic N) is 2. The Hall–Kier alpha value is -2.68. The number of H-pyrrole nitrogens is 1. The van der Waals surface area contributed by atoms with E-state index in [2.05, 4.69) is 20.3 Å². The summed E-state index contributed by atoms with van der Waals surface area (Å²) in [4.78, 5) is 36.7. The van der Waals surface area contributed by atoms with Crippen molar-refractivity contribution in [3.05, 3.63) is 80.2 Å². The molecule has 0 saturated heterocycles. The second-order valence-corrected chi connectivity index (χ2v) is 9.50. The minimum atomic E-state index is -0.309. The minimum absolute atomic E-state index is 0.0671. The van der Waals surface area contributed by atoms with Gasteiger partial charge in [-0.05, 0) is 49.2 Å². The van der Waals surface area contributed by atoms with Gasteiger partial charge in [-0.15, -0.1) is 0 Å². The zero-order valence-corrected chi connectivity index (χ0v) is 19.2. The first-order chi connectivity index (χ1) is 14.9. The van der Waals surface area contributed by atoms with Crippen LogP contribution in [0.15, 0.2) is 52.4 Å². The van der Waals surface area contributed by atoms with Gasteiger partial charge in [0.2, 0.25) is 5.91 Å². The third-order valence-corrected chi connectivity index (χ3v) is 6.71. The summed E-state index contributed by atoms with van der Waals surface area (Å²) >= 11 is 8.83. The molecule has 0 aliphatic carbocycles. The second-order valence-electron chi connectivity index (χ2n) is 7.07. The first kappa shape index (κ1) is 21.5. The molecule has 0 saturated carbocycles. The number of carbonyl (C=O) groups is 1. The number of amides is 1. The van der Waals surface area contributed by atoms with E-state index in [4.69, 9.17) is 11.6 Å². The van der Waals surface area contributed by atoms with Crippen LogP contribution in [0.3, 0.4) is 0 Å². The number of benzene rings is 2. The summed E-state index contributed by atoms with van der Waals surface area (Å²) in [5.74, 6) is 0.324. The minimum Gasteiger partial charge on any atom is -0.302 e. The van der Waals surface area contributed by atoms with Crippen LogP contribution in [0.1, 0.15) is 22.4 Å². The zero-order chi connectivity index (χ0) is 22.0. The van der Waals surface area contributed by atoms with Crippen molar-refractivity contribution >= 4 is 56.0 Å². The fourth-order valence-electron chi connectivity index (χ4n) is 3.05. The largest absolute Gasteiger partial charge is 0.302 e. The lowest BCUT2D eigenvalue weighted by molar-refractivity contribution is -0.115. The highest BCUT2D eigenvalue weighted by Crippen LogP contribution is 2.27. The molecular weight excluding hydrogens is 452 g/mol. The maximum atomic E-state index is 12.6. The molecule has 4 rings (SSSR count). The van der Waals surface area contributed by atoms with Crippen molar-refractivity contribution in [2.75, 3.05) is 5.32 Å². The number of rotatable bonds is 6. The molecule has 9 heteroatoms. The van der Waals surface area contributed by atoms with Crippen LogP contribution < -0.4 is 10.9 Å². The van der Waals surface area contributed by atoms with Crippen molar-refractivity contribution in [1.82, 2.24) is 15.0 Å². The van der Waals surface area contributed by atoms with Gasteiger partial charge >= 0.3 is 0 Å². The molecule has 158 valence electrons. The number of anilines is 1. The molecule has 0 aliphatic rings. The quantitative estimate of drug-likeness (QED) is 0.301. The average molecular weight is 471 g/mol. The van der Waals surface area contributed by atoms with E-state index in [9.17, 15) is 9.59 Å². The van der Waals surface area contributed by atoms with Gasteiger partial charge in [-0.2, -0.15) is 0 Å². The number of hydrogen-bond donors (Lipinski definition) is 2. The molecule has 2 aromatic carbocycles. The van der Waals surface area contributed by atoms with Gasteiger partial charge in [-0.25, -0.2) is 9.97 Å². The summed E-state index contributed by atoms with van der Waals surface area (Å²) < 4.78 is 1.01. The standard InChI is InChI=1S/C22H19ClN4O2S2/c1-12-6-7-17-18(8-12)31-22(25-17)26-19(28)10-16-13(2)24-21(27-20(16)29)30-11-14-4-3-5-15(23)9-14/h3-9H,10-11H2,1-2H3,(H,24,27,29)(H,25,26,28). The van der Waals surface area contributed by atoms with Crippen LogP contribution in [-0.4, -0.2) is 20.9 Å². The highest BCUT2D eigenvalue weighted by molar-refractivity contribution is 7.98. The first-order valence-corrected chi connectivity index (χ1v) is 11.7. The fraction of sp³-hybridized carbons (Fsp3) is 0.182. The Morgan fingerprint density at radius 1 is 1.19 bits per heavy atom. The molecule has 0 atom stereocenters. The van der Waals surface area contributed by atoms with Gasteiger partial charge in [0.25, 0.3) is 5.56 Å². The molecule has 0 radical (unpaired) electrons. The predicted molar refractivity (Wildman–Crippen MR) is 127 cm³/mol. The van der Waals surface area contributed by atoms with E-state index < -0.39 is 0 Å². The molecule has 31 heavy (non-hydrogen) atoms. The van der Waals surface area contributed by atoms with Crippen molar-refractivity contribution in [1.29, 1.82) is 0 Å². The lowest BCUT2D eigenvalue weighted by Gasteiger charge is -2.07. The molecule has 0 spiro atoms. The van der Waals surface area contributed by atoms with E-state index >= 15 is 0 Å². The molecule has 0 unspecified atom stereocenters. The summed E-state index contributed by atoms with van der Waals surface area (Å²) in [7, 11) is 0. The lowest BCUT2D eigenvalue weighted by atomic mass is 10.1. The van der Waals surface area contributed by atoms with Crippen molar-refractivity contribution in [3.63, 3.8) is 0 Å². The number of fused-ring (bicyclic) bond motifs is 1. The predicted octanol–water partition coefficient (Wildman–Crippen LogP) is 5.12. The Kier molecular flexibility index (Phi) is 6.41. The molecule has 2 heterocycles. The van der Waals surface area contributed by atoms with Gasteiger partial charge in [-0.1, -0.05) is 52.9 Å². The number of hydrogen-bond acceptors (Lipinski definition) is 6. The third kappa shape index (κ3) is 5.33. The molecule has 0 fully saturated rings. The third-order valence-electron chi connectivity index (χ3n) is 4.59. The van der Waals surface area contributed by atoms with Crippen molar-refractivity contribution in [2.24, 2.45) is 0 Å². The number of aromatic nitrogens is 3. The summed E-state index contributed by atoms with van der Waals surface area (Å²) in [5.41, 5.74) is 3.58. The summed E-state index contributed by atoms with van der Waals surface area (Å²) in [5, 5.41) is 4.48. The van der Waals surface area contributed by atoms with Gasteiger partial charge in [0.1, 0.15) is 0 Å². The first-order valence-electron chi connectivity index (χ1n) is 9.51. The van der Waals surface area contributed by atoms with Gasteiger partial charge in [-0.3, -0.25) is 9.59 Å². The van der Waals surface area contributed by atoms with Gasteiger partial charge in [0.15, 0.2) is 10.3 Å². The smallest absolute Gasteiger partial charge is 0.255 e. The Bertz CT molecular complexity index is 1330. The molecule has 6 nitrogen and oxygen atoms in total. The van der Waals surface area contributed by atoms with E-state index in [0.29, 0.717) is 32.3 Å². The van der Waals surface area contributed by atoms with E-state index in [1.807, 2.05) is 49.4 Å². The van der Waals surface area contributed by atoms with Crippen LogP contribution in [0.5, 0.6) is 0 Å². The van der Waals surface area contributed by atoms with E-state index in [1.54, 1.807) is 6.92 Å². The van der Waals surface area contributed by atoms with Crippen molar-refractivity contribution in [2.45, 2.75) is 31.2 Å². The molecule has 2 aromatic heterocycles. The summed E-state index contributed by atoms with van der Waals surface area (Å²) in [6.07, 6.45) is -0.0671. The molecule has 0 aliphatic heterocycles. The summed E-state index contributed by atoms with van der Waals surface area (Å²) in [6, 6.07) is 13.5. The molecule has 0 bridgehead atoms. The molecule has 1 amide bonds. The SMILES string of the molecule is Cc1ccc2nc(NC(=O)Cc3c(C)nc(SCc4cccc(Cl)c4)[nH]c3=O)sc2c1. The fourth-order valence-corrected chi connectivity index (χ4v) is 5.09. The van der Waals surface area contributed by atoms with Crippen molar-refractivity contribution < 1.29 is 4.79 Å². The highest BCUT2D eigenvalue weighted by Gasteiger charge is 2.15. The van der Waals surface area contributed by atoms with Gasteiger partial charge in [0.05, 0.1) is 16.6 Å². The maximum Gasteiger partial charge on any atom is 0.255 e. The van der Waals surface area contributed by atoms with Crippen LogP contribution in [0, 0.1) is 13.8 Å². The summed E-state index contributed by atoms with van der Waals surface area (Å²) in [6.45, 7) is 3.75. The van der Waals surface area contributed by atoms with E-state index in [0.717, 1.165) is 21.3 Å². The monoisotopic (exact) mass is 470 g/mol. The van der Waals surface area contributed by atoms with Gasteiger partial charge < -0.3 is 10.3 Å². The number of thiazole rings is 1. The normalized spacial score (nSPS) is 11.1. The Balaban J connectivity index is 1.43. The average Bonchev–Trinajstić information content (AvgIpc) is 3.10. The van der Waals surface area contributed by atoms with E-state index in [-0.39, 0.29) is 17.9 Å². The van der Waals surface area contributed by atoms with Crippen LogP contribution in [0.4, 0.5) is 5.13 Å². The maximum absolute atomic E-state index is 12.6. The Labute approximate surface area is 192 Å². The highest BCUT2D eigenvalue weighted by atomic mass is 35.5. The van der Waals surface area contributed by atoms with Crippen LogP contribution in [0.2, 0.25) is 5.02 Å². The van der Waals surface area contributed by atoms with Crippen LogP contribution >= 0.6 is 34.7 Å². The molecular formula is C22H19ClN4O2S2. The number of halogens is 1. The zero-order valence-electron chi connectivity index (χ0n) is 16.9. The molecule has 4 aromatic rings. The number of aryl methyl sites for hydroxylation is 2. The number of nitrogens with one attached hydrogen (secondary N) is 2. The van der Waals surface area contributed by atoms with Gasteiger partial charge in [0, 0.05) is 22.0 Å². The topological polar surface area (TPSA) is 87.7 Å². The molecule has 2 N–H and O–H groups in total. The number of carbonyl (C=O) groups excluding carboxylic acids is 1. The lowest BCUT2D eigenvalue weighted by Crippen LogP contribution is -2.23. The van der Waals surface area contributed by atoms with Crippen molar-refractivity contribution in [3.8, 4) is 0 Å².